The third kappa shape index (κ3) is 4.71. The largest absolute Gasteiger partial charge is 0.473 e. The first kappa shape index (κ1) is 18.2. The minimum Gasteiger partial charge on any atom is -0.473 e. The van der Waals surface area contributed by atoms with Gasteiger partial charge >= 0.3 is 0 Å². The van der Waals surface area contributed by atoms with Crippen molar-refractivity contribution in [2.75, 3.05) is 18.5 Å². The van der Waals surface area contributed by atoms with E-state index in [1.807, 2.05) is 25.1 Å². The fourth-order valence-corrected chi connectivity index (χ4v) is 2.97. The summed E-state index contributed by atoms with van der Waals surface area (Å²) in [4.78, 5) is 16.6. The summed E-state index contributed by atoms with van der Waals surface area (Å²) in [6, 6.07) is 7.18. The minimum atomic E-state index is -0.270. The molecule has 1 aliphatic rings. The first-order valence-corrected chi connectivity index (χ1v) is 9.17. The number of hydrogen-bond donors (Lipinski definition) is 1. The van der Waals surface area contributed by atoms with Crippen LogP contribution >= 0.6 is 27.5 Å². The molecule has 1 saturated heterocycles. The molecule has 0 saturated carbocycles. The summed E-state index contributed by atoms with van der Waals surface area (Å²) in [5, 5.41) is 3.16. The molecule has 1 fully saturated rings. The number of nitrogens with zero attached hydrogens (tertiary/aromatic N) is 1. The van der Waals surface area contributed by atoms with Crippen molar-refractivity contribution < 1.29 is 14.3 Å². The molecule has 1 aromatic carbocycles. The van der Waals surface area contributed by atoms with Gasteiger partial charge in [0.05, 0.1) is 18.8 Å². The van der Waals surface area contributed by atoms with Crippen molar-refractivity contribution in [2.24, 2.45) is 0 Å². The number of nitrogens with one attached hydrogen (secondary N) is 1. The van der Waals surface area contributed by atoms with Crippen LogP contribution in [0.3, 0.4) is 0 Å². The highest BCUT2D eigenvalue weighted by Gasteiger charge is 2.18. The molecule has 0 atom stereocenters. The molecule has 2 aromatic rings. The zero-order valence-corrected chi connectivity index (χ0v) is 16.1. The molecule has 0 bridgehead atoms. The molecule has 0 aliphatic carbocycles. The van der Waals surface area contributed by atoms with Crippen LogP contribution in [-0.2, 0) is 4.74 Å². The van der Waals surface area contributed by atoms with Gasteiger partial charge in [-0.3, -0.25) is 4.79 Å². The smallest absolute Gasteiger partial charge is 0.257 e. The van der Waals surface area contributed by atoms with Crippen LogP contribution < -0.4 is 10.1 Å². The van der Waals surface area contributed by atoms with Gasteiger partial charge in [0.2, 0.25) is 5.88 Å². The van der Waals surface area contributed by atoms with Gasteiger partial charge in [0.15, 0.2) is 0 Å². The van der Waals surface area contributed by atoms with Crippen LogP contribution in [0, 0.1) is 6.92 Å². The molecule has 1 aromatic heterocycles. The van der Waals surface area contributed by atoms with Gasteiger partial charge in [0, 0.05) is 29.2 Å². The van der Waals surface area contributed by atoms with Crippen LogP contribution in [0.4, 0.5) is 5.69 Å². The van der Waals surface area contributed by atoms with Gasteiger partial charge in [-0.1, -0.05) is 27.5 Å². The normalized spacial score (nSPS) is 15.0. The Morgan fingerprint density at radius 1 is 1.36 bits per heavy atom. The van der Waals surface area contributed by atoms with Gasteiger partial charge in [-0.2, -0.15) is 0 Å². The number of anilines is 1. The molecule has 3 rings (SSSR count). The molecule has 1 aliphatic heterocycles. The average Bonchev–Trinajstić information content (AvgIpc) is 2.61. The summed E-state index contributed by atoms with van der Waals surface area (Å²) in [5.74, 6) is 0.0818. The summed E-state index contributed by atoms with van der Waals surface area (Å²) in [5.41, 5.74) is 2.13. The molecule has 0 unspecified atom stereocenters. The fourth-order valence-electron chi connectivity index (χ4n) is 2.51. The molecule has 1 N–H and O–H groups in total. The van der Waals surface area contributed by atoms with E-state index in [2.05, 4.69) is 26.2 Å². The maximum atomic E-state index is 12.4. The lowest BCUT2D eigenvalue weighted by atomic mass is 10.1. The first-order valence-electron chi connectivity index (χ1n) is 8.00. The van der Waals surface area contributed by atoms with Crippen molar-refractivity contribution in [1.29, 1.82) is 0 Å². The number of ether oxygens (including phenoxy) is 2. The summed E-state index contributed by atoms with van der Waals surface area (Å²) in [6.45, 7) is 3.31. The van der Waals surface area contributed by atoms with Crippen LogP contribution in [0.15, 0.2) is 34.9 Å². The molecular formula is C18H18BrClN2O3. The van der Waals surface area contributed by atoms with E-state index in [4.69, 9.17) is 21.1 Å². The zero-order chi connectivity index (χ0) is 17.8. The van der Waals surface area contributed by atoms with E-state index in [1.54, 1.807) is 6.07 Å². The Hall–Kier alpha value is -1.63. The van der Waals surface area contributed by atoms with Crippen molar-refractivity contribution >= 4 is 39.1 Å². The summed E-state index contributed by atoms with van der Waals surface area (Å²) in [7, 11) is 0. The molecule has 7 heteroatoms. The van der Waals surface area contributed by atoms with Gasteiger partial charge in [-0.25, -0.2) is 4.98 Å². The SMILES string of the molecule is Cc1cc(NC(=O)c2cnc(OC3CCOCC3)c(Cl)c2)ccc1Br. The van der Waals surface area contributed by atoms with Gasteiger partial charge in [0.1, 0.15) is 11.1 Å². The lowest BCUT2D eigenvalue weighted by Crippen LogP contribution is -2.26. The van der Waals surface area contributed by atoms with Gasteiger partial charge in [-0.15, -0.1) is 0 Å². The topological polar surface area (TPSA) is 60.5 Å². The van der Waals surface area contributed by atoms with Gasteiger partial charge in [0.25, 0.3) is 5.91 Å². The van der Waals surface area contributed by atoms with E-state index in [1.165, 1.54) is 6.20 Å². The van der Waals surface area contributed by atoms with E-state index in [-0.39, 0.29) is 12.0 Å². The number of aromatic nitrogens is 1. The maximum Gasteiger partial charge on any atom is 0.257 e. The molecular weight excluding hydrogens is 408 g/mol. The third-order valence-electron chi connectivity index (χ3n) is 3.93. The van der Waals surface area contributed by atoms with Crippen LogP contribution in [0.25, 0.3) is 0 Å². The summed E-state index contributed by atoms with van der Waals surface area (Å²) in [6.07, 6.45) is 3.14. The molecule has 1 amide bonds. The number of benzene rings is 1. The Bertz CT molecular complexity index is 779. The average molecular weight is 426 g/mol. The van der Waals surface area contributed by atoms with Crippen molar-refractivity contribution in [3.05, 3.63) is 51.1 Å². The van der Waals surface area contributed by atoms with Crippen molar-refractivity contribution in [1.82, 2.24) is 4.98 Å². The highest BCUT2D eigenvalue weighted by atomic mass is 79.9. The number of pyridine rings is 1. The lowest BCUT2D eigenvalue weighted by molar-refractivity contribution is 0.0238. The van der Waals surface area contributed by atoms with E-state index in [0.29, 0.717) is 35.4 Å². The molecule has 132 valence electrons. The molecule has 5 nitrogen and oxygen atoms in total. The Labute approximate surface area is 159 Å². The minimum absolute atomic E-state index is 0.0455. The van der Waals surface area contributed by atoms with Crippen LogP contribution in [-0.4, -0.2) is 30.2 Å². The first-order chi connectivity index (χ1) is 12.0. The van der Waals surface area contributed by atoms with Crippen molar-refractivity contribution in [3.63, 3.8) is 0 Å². The van der Waals surface area contributed by atoms with Crippen LogP contribution in [0.1, 0.15) is 28.8 Å². The Balaban J connectivity index is 1.68. The van der Waals surface area contributed by atoms with E-state index in [0.717, 1.165) is 22.9 Å². The Morgan fingerprint density at radius 3 is 2.80 bits per heavy atom. The number of halogens is 2. The lowest BCUT2D eigenvalue weighted by Gasteiger charge is -2.23. The van der Waals surface area contributed by atoms with Gasteiger partial charge < -0.3 is 14.8 Å². The predicted octanol–water partition coefficient (Wildman–Crippen LogP) is 4.62. The van der Waals surface area contributed by atoms with Crippen LogP contribution in [0.2, 0.25) is 5.02 Å². The summed E-state index contributed by atoms with van der Waals surface area (Å²) < 4.78 is 12.1. The number of carbonyl (C=O) groups is 1. The number of rotatable bonds is 4. The second-order valence-corrected chi connectivity index (χ2v) is 7.12. The van der Waals surface area contributed by atoms with Crippen molar-refractivity contribution in [2.45, 2.75) is 25.9 Å². The second-order valence-electron chi connectivity index (χ2n) is 5.86. The predicted molar refractivity (Wildman–Crippen MR) is 101 cm³/mol. The third-order valence-corrected chi connectivity index (χ3v) is 5.09. The number of amides is 1. The van der Waals surface area contributed by atoms with E-state index < -0.39 is 0 Å². The molecule has 0 spiro atoms. The van der Waals surface area contributed by atoms with Gasteiger partial charge in [-0.05, 0) is 36.8 Å². The highest BCUT2D eigenvalue weighted by Crippen LogP contribution is 2.26. The zero-order valence-electron chi connectivity index (χ0n) is 13.7. The molecule has 25 heavy (non-hydrogen) atoms. The molecule has 2 heterocycles. The quantitative estimate of drug-likeness (QED) is 0.777. The number of hydrogen-bond acceptors (Lipinski definition) is 4. The number of aryl methyl sites for hydroxylation is 1. The van der Waals surface area contributed by atoms with E-state index >= 15 is 0 Å². The Kier molecular flexibility index (Phi) is 5.93. The fraction of sp³-hybridized carbons (Fsp3) is 0.333. The standard InChI is InChI=1S/C18H18BrClN2O3/c1-11-8-13(2-3-15(11)19)22-17(23)12-9-16(20)18(21-10-12)25-14-4-6-24-7-5-14/h2-3,8-10,14H,4-7H2,1H3,(H,22,23). The number of carbonyl (C=O) groups excluding carboxylic acids is 1. The Morgan fingerprint density at radius 2 is 2.12 bits per heavy atom. The monoisotopic (exact) mass is 424 g/mol. The molecule has 0 radical (unpaired) electrons. The summed E-state index contributed by atoms with van der Waals surface area (Å²) >= 11 is 9.67. The highest BCUT2D eigenvalue weighted by molar-refractivity contribution is 9.10. The second kappa shape index (κ2) is 8.17. The van der Waals surface area contributed by atoms with Crippen LogP contribution in [0.5, 0.6) is 5.88 Å². The van der Waals surface area contributed by atoms with E-state index in [9.17, 15) is 4.79 Å². The van der Waals surface area contributed by atoms with Crippen molar-refractivity contribution in [3.8, 4) is 5.88 Å². The maximum absolute atomic E-state index is 12.4.